The summed E-state index contributed by atoms with van der Waals surface area (Å²) in [5.74, 6) is -0.309. The first kappa shape index (κ1) is 17.2. The van der Waals surface area contributed by atoms with Crippen molar-refractivity contribution in [2.24, 2.45) is 0 Å². The molecule has 0 radical (unpaired) electrons. The van der Waals surface area contributed by atoms with Gasteiger partial charge in [-0.2, -0.15) is 0 Å². The van der Waals surface area contributed by atoms with Crippen molar-refractivity contribution in [2.45, 2.75) is 18.7 Å². The van der Waals surface area contributed by atoms with Crippen molar-refractivity contribution in [2.75, 3.05) is 13.1 Å². The maximum Gasteiger partial charge on any atom is 0.265 e. The molecule has 0 spiro atoms. The first-order valence-electron chi connectivity index (χ1n) is 8.22. The third-order valence-electron chi connectivity index (χ3n) is 4.10. The van der Waals surface area contributed by atoms with Gasteiger partial charge in [-0.15, -0.1) is 0 Å². The van der Waals surface area contributed by atoms with Crippen molar-refractivity contribution >= 4 is 21.5 Å². The van der Waals surface area contributed by atoms with Crippen LogP contribution in [0.25, 0.3) is 5.70 Å². The molecule has 1 aliphatic heterocycles. The summed E-state index contributed by atoms with van der Waals surface area (Å²) in [5.41, 5.74) is 1.73. The summed E-state index contributed by atoms with van der Waals surface area (Å²) in [6, 6.07) is 15.5. The van der Waals surface area contributed by atoms with Crippen LogP contribution < -0.4 is 5.32 Å². The minimum Gasteiger partial charge on any atom is -0.383 e. The zero-order chi connectivity index (χ0) is 18.0. The van der Waals surface area contributed by atoms with E-state index >= 15 is 0 Å². The molecule has 6 heteroatoms. The second-order valence-electron chi connectivity index (χ2n) is 5.62. The van der Waals surface area contributed by atoms with E-state index in [4.69, 9.17) is 0 Å². The standard InChI is InChI=1S/C19H20N2O3S/c1-3-20-17-15-12-8-9-13-16(15)25(23,24)21(4-2)18(17)19(22)14-10-6-5-7-11-14/h5-13,20H,3-4H2,1-2H3. The lowest BCUT2D eigenvalue weighted by atomic mass is 10.0. The van der Waals surface area contributed by atoms with Gasteiger partial charge in [-0.3, -0.25) is 9.10 Å². The number of benzene rings is 2. The lowest BCUT2D eigenvalue weighted by Crippen LogP contribution is -2.40. The molecule has 0 aromatic heterocycles. The molecule has 0 atom stereocenters. The molecule has 0 saturated heterocycles. The minimum absolute atomic E-state index is 0.175. The maximum atomic E-state index is 13.1. The van der Waals surface area contributed by atoms with Gasteiger partial charge in [-0.1, -0.05) is 48.5 Å². The third kappa shape index (κ3) is 2.82. The van der Waals surface area contributed by atoms with Crippen molar-refractivity contribution in [1.29, 1.82) is 0 Å². The zero-order valence-electron chi connectivity index (χ0n) is 14.2. The third-order valence-corrected chi connectivity index (χ3v) is 6.04. The molecule has 0 bridgehead atoms. The molecule has 1 aliphatic rings. The van der Waals surface area contributed by atoms with Crippen LogP contribution in [0.4, 0.5) is 0 Å². The van der Waals surface area contributed by atoms with Gasteiger partial charge in [0.2, 0.25) is 5.78 Å². The predicted octanol–water partition coefficient (Wildman–Crippen LogP) is 2.87. The summed E-state index contributed by atoms with van der Waals surface area (Å²) in [6.07, 6.45) is 0. The second-order valence-corrected chi connectivity index (χ2v) is 7.45. The van der Waals surface area contributed by atoms with Crippen LogP contribution in [0.2, 0.25) is 0 Å². The van der Waals surface area contributed by atoms with Crippen LogP contribution >= 0.6 is 0 Å². The molecular formula is C19H20N2O3S. The number of Topliss-reactive ketones (excluding diaryl/α,β-unsaturated/α-hetero) is 1. The molecule has 5 nitrogen and oxygen atoms in total. The fourth-order valence-corrected chi connectivity index (χ4v) is 4.72. The Morgan fingerprint density at radius 2 is 1.64 bits per heavy atom. The van der Waals surface area contributed by atoms with Crippen molar-refractivity contribution in [1.82, 2.24) is 9.62 Å². The van der Waals surface area contributed by atoms with E-state index in [0.29, 0.717) is 23.4 Å². The Morgan fingerprint density at radius 3 is 2.28 bits per heavy atom. The summed E-state index contributed by atoms with van der Waals surface area (Å²) in [7, 11) is -3.77. The topological polar surface area (TPSA) is 66.5 Å². The molecule has 2 aromatic carbocycles. The quantitative estimate of drug-likeness (QED) is 0.837. The highest BCUT2D eigenvalue weighted by Gasteiger charge is 2.38. The molecule has 0 amide bonds. The van der Waals surface area contributed by atoms with Gasteiger partial charge in [0.25, 0.3) is 10.0 Å². The summed E-state index contributed by atoms with van der Waals surface area (Å²) >= 11 is 0. The van der Waals surface area contributed by atoms with Crippen LogP contribution in [0.1, 0.15) is 29.8 Å². The summed E-state index contributed by atoms with van der Waals surface area (Å²) in [5, 5.41) is 3.20. The lowest BCUT2D eigenvalue weighted by molar-refractivity contribution is 0.101. The molecule has 1 heterocycles. The van der Waals surface area contributed by atoms with Gasteiger partial charge in [0, 0.05) is 24.2 Å². The number of carbonyl (C=O) groups is 1. The van der Waals surface area contributed by atoms with Crippen LogP contribution in [-0.2, 0) is 10.0 Å². The fourth-order valence-electron chi connectivity index (χ4n) is 3.03. The zero-order valence-corrected chi connectivity index (χ0v) is 15.0. The number of rotatable bonds is 5. The van der Waals surface area contributed by atoms with Gasteiger partial charge < -0.3 is 5.32 Å². The summed E-state index contributed by atoms with van der Waals surface area (Å²) in [4.78, 5) is 13.4. The van der Waals surface area contributed by atoms with Crippen LogP contribution in [0.3, 0.4) is 0 Å². The highest BCUT2D eigenvalue weighted by atomic mass is 32.2. The number of nitrogens with one attached hydrogen (secondary N) is 1. The molecule has 25 heavy (non-hydrogen) atoms. The van der Waals surface area contributed by atoms with E-state index < -0.39 is 10.0 Å². The largest absolute Gasteiger partial charge is 0.383 e. The number of hydrogen-bond donors (Lipinski definition) is 1. The van der Waals surface area contributed by atoms with Gasteiger partial charge >= 0.3 is 0 Å². The molecule has 1 N–H and O–H groups in total. The van der Waals surface area contributed by atoms with E-state index in [1.165, 1.54) is 4.31 Å². The number of likely N-dealkylation sites (N-methyl/N-ethyl adjacent to an activating group) is 1. The van der Waals surface area contributed by atoms with E-state index in [1.54, 1.807) is 55.5 Å². The van der Waals surface area contributed by atoms with Gasteiger partial charge in [-0.25, -0.2) is 8.42 Å². The highest BCUT2D eigenvalue weighted by Crippen LogP contribution is 2.36. The summed E-state index contributed by atoms with van der Waals surface area (Å²) < 4.78 is 27.3. The first-order valence-corrected chi connectivity index (χ1v) is 9.66. The Morgan fingerprint density at radius 1 is 1.00 bits per heavy atom. The second kappa shape index (κ2) is 6.72. The van der Waals surface area contributed by atoms with Gasteiger partial charge in [0.1, 0.15) is 5.70 Å². The average molecular weight is 356 g/mol. The van der Waals surface area contributed by atoms with Crippen LogP contribution in [0, 0.1) is 0 Å². The van der Waals surface area contributed by atoms with E-state index in [1.807, 2.05) is 13.0 Å². The van der Waals surface area contributed by atoms with Gasteiger partial charge in [-0.05, 0) is 19.9 Å². The Kier molecular flexibility index (Phi) is 4.63. The molecule has 0 unspecified atom stereocenters. The van der Waals surface area contributed by atoms with Crippen molar-refractivity contribution in [3.63, 3.8) is 0 Å². The Balaban J connectivity index is 2.32. The SMILES string of the molecule is CCNC1=C(C(=O)c2ccccc2)N(CC)S(=O)(=O)c2ccccc21. The molecule has 130 valence electrons. The molecule has 3 rings (SSSR count). The summed E-state index contributed by atoms with van der Waals surface area (Å²) in [6.45, 7) is 4.40. The number of carbonyl (C=O) groups excluding carboxylic acids is 1. The minimum atomic E-state index is -3.77. The highest BCUT2D eigenvalue weighted by molar-refractivity contribution is 7.89. The molecule has 2 aromatic rings. The van der Waals surface area contributed by atoms with Crippen LogP contribution in [-0.4, -0.2) is 31.6 Å². The maximum absolute atomic E-state index is 13.1. The van der Waals surface area contributed by atoms with Gasteiger partial charge in [0.15, 0.2) is 0 Å². The first-order chi connectivity index (χ1) is 12.0. The normalized spacial score (nSPS) is 15.7. The smallest absolute Gasteiger partial charge is 0.265 e. The van der Waals surface area contributed by atoms with E-state index in [2.05, 4.69) is 5.32 Å². The molecule has 0 aliphatic carbocycles. The van der Waals surface area contributed by atoms with Gasteiger partial charge in [0.05, 0.1) is 10.6 Å². The van der Waals surface area contributed by atoms with E-state index in [9.17, 15) is 13.2 Å². The lowest BCUT2D eigenvalue weighted by Gasteiger charge is -2.33. The Hall–Kier alpha value is -2.60. The number of nitrogens with zero attached hydrogens (tertiary/aromatic N) is 1. The fraction of sp³-hybridized carbons (Fsp3) is 0.211. The molecule has 0 fully saturated rings. The number of fused-ring (bicyclic) bond motifs is 1. The molecular weight excluding hydrogens is 336 g/mol. The van der Waals surface area contributed by atoms with Crippen molar-refractivity contribution in [3.8, 4) is 0 Å². The van der Waals surface area contributed by atoms with Crippen molar-refractivity contribution in [3.05, 3.63) is 71.4 Å². The van der Waals surface area contributed by atoms with E-state index in [-0.39, 0.29) is 22.9 Å². The van der Waals surface area contributed by atoms with Crippen molar-refractivity contribution < 1.29 is 13.2 Å². The monoisotopic (exact) mass is 356 g/mol. The Bertz CT molecular complexity index is 934. The number of ketones is 1. The van der Waals surface area contributed by atoms with Crippen LogP contribution in [0.5, 0.6) is 0 Å². The number of hydrogen-bond acceptors (Lipinski definition) is 4. The number of sulfonamides is 1. The predicted molar refractivity (Wildman–Crippen MR) is 97.4 cm³/mol. The number of allylic oxidation sites excluding steroid dienone is 1. The van der Waals surface area contributed by atoms with Crippen LogP contribution in [0.15, 0.2) is 65.2 Å². The average Bonchev–Trinajstić information content (AvgIpc) is 2.64. The Labute approximate surface area is 148 Å². The van der Waals surface area contributed by atoms with E-state index in [0.717, 1.165) is 0 Å². The molecule has 0 saturated carbocycles.